The first kappa shape index (κ1) is 41.6. The van der Waals surface area contributed by atoms with E-state index in [1.807, 2.05) is 16.7 Å². The molecular weight excluding hydrogens is 598 g/mol. The summed E-state index contributed by atoms with van der Waals surface area (Å²) in [6, 6.07) is -0.900. The number of amides is 3. The lowest BCUT2D eigenvalue weighted by Crippen LogP contribution is -2.52. The number of carbonyl (C=O) groups excluding carboxylic acids is 3. The van der Waals surface area contributed by atoms with Gasteiger partial charge in [0.2, 0.25) is 17.7 Å². The lowest BCUT2D eigenvalue weighted by molar-refractivity contribution is -0.138. The summed E-state index contributed by atoms with van der Waals surface area (Å²) in [6.45, 7) is 12.7. The van der Waals surface area contributed by atoms with E-state index in [2.05, 4.69) is 27.8 Å². The van der Waals surface area contributed by atoms with Crippen LogP contribution in [0.15, 0.2) is 0 Å². The fourth-order valence-electron chi connectivity index (χ4n) is 4.72. The Bertz CT molecular complexity index is 854. The number of carbonyl (C=O) groups is 4. The first-order chi connectivity index (χ1) is 22.2. The zero-order valence-electron chi connectivity index (χ0n) is 28.3. The third kappa shape index (κ3) is 21.4. The van der Waals surface area contributed by atoms with Crippen LogP contribution >= 0.6 is 0 Å². The largest absolute Gasteiger partial charge is 0.480 e. The van der Waals surface area contributed by atoms with Gasteiger partial charge in [-0.3, -0.25) is 33.9 Å². The second kappa shape index (κ2) is 26.6. The smallest absolute Gasteiger partial charge is 0.317 e. The molecule has 1 fully saturated rings. The van der Waals surface area contributed by atoms with Crippen molar-refractivity contribution in [2.75, 3.05) is 125 Å². The number of likely N-dealkylation sites (N-methyl/N-ethyl adjacent to an activating group) is 1. The number of hydrogen-bond acceptors (Lipinski definition) is 11. The number of rotatable bonds is 22. The second-order valence-electron chi connectivity index (χ2n) is 11.3. The van der Waals surface area contributed by atoms with Crippen molar-refractivity contribution in [3.8, 4) is 0 Å². The van der Waals surface area contributed by atoms with Gasteiger partial charge in [-0.25, -0.2) is 0 Å². The summed E-state index contributed by atoms with van der Waals surface area (Å²) < 4.78 is 15.9. The quantitative estimate of drug-likeness (QED) is 0.105. The molecule has 0 aromatic rings. The van der Waals surface area contributed by atoms with E-state index >= 15 is 0 Å². The molecule has 1 heterocycles. The van der Waals surface area contributed by atoms with E-state index < -0.39 is 12.0 Å². The van der Waals surface area contributed by atoms with Crippen LogP contribution in [0.25, 0.3) is 0 Å². The summed E-state index contributed by atoms with van der Waals surface area (Å²) >= 11 is 0. The van der Waals surface area contributed by atoms with Gasteiger partial charge in [0.25, 0.3) is 0 Å². The standard InChI is InChI=1S/C31H59N7O8/c1-5-20-45-23-24-46-21-7-10-33-31(43)27(8-9-28(39)32-11-22-44-4)34-29(40)25-37-17-16-36(6-2)14-12-35(3)13-15-38(19-18-37)26-30(41)42/h3,27H,5-26H2,1-2,4H3,(H,32,39)(H,33,43)(H,34,40)(H,41,42)/t27-/m1/s1. The van der Waals surface area contributed by atoms with Gasteiger partial charge in [-0.05, 0) is 25.8 Å². The van der Waals surface area contributed by atoms with Crippen LogP contribution in [0.2, 0.25) is 0 Å². The molecule has 4 N–H and O–H groups in total. The molecule has 0 aliphatic carbocycles. The maximum absolute atomic E-state index is 13.3. The molecule has 3 amide bonds. The number of carboxylic acid groups (broad SMARTS) is 1. The Kier molecular flexibility index (Phi) is 24.1. The maximum Gasteiger partial charge on any atom is 0.317 e. The van der Waals surface area contributed by atoms with Crippen molar-refractivity contribution in [2.45, 2.75) is 45.6 Å². The lowest BCUT2D eigenvalue weighted by Gasteiger charge is -2.32. The average molecular weight is 658 g/mol. The summed E-state index contributed by atoms with van der Waals surface area (Å²) in [5.41, 5.74) is 0. The Balaban J connectivity index is 2.80. The Labute approximate surface area is 275 Å². The van der Waals surface area contributed by atoms with Gasteiger partial charge in [0.15, 0.2) is 0 Å². The highest BCUT2D eigenvalue weighted by Gasteiger charge is 2.24. The van der Waals surface area contributed by atoms with Gasteiger partial charge in [0.05, 0.1) is 32.9 Å². The van der Waals surface area contributed by atoms with Crippen LogP contribution in [0.5, 0.6) is 0 Å². The van der Waals surface area contributed by atoms with Crippen molar-refractivity contribution in [1.82, 2.24) is 35.6 Å². The van der Waals surface area contributed by atoms with Crippen molar-refractivity contribution in [3.05, 3.63) is 7.05 Å². The Morgan fingerprint density at radius 1 is 0.761 bits per heavy atom. The first-order valence-corrected chi connectivity index (χ1v) is 16.5. The number of carboxylic acids is 1. The number of ether oxygens (including phenoxy) is 3. The number of aliphatic carboxylic acids is 1. The zero-order valence-corrected chi connectivity index (χ0v) is 28.3. The lowest BCUT2D eigenvalue weighted by atomic mass is 10.1. The molecule has 0 aromatic carbocycles. The molecule has 1 saturated heterocycles. The minimum atomic E-state index is -0.926. The number of nitrogens with one attached hydrogen (secondary N) is 3. The fourth-order valence-corrected chi connectivity index (χ4v) is 4.72. The summed E-state index contributed by atoms with van der Waals surface area (Å²) in [6.07, 6.45) is 1.73. The van der Waals surface area contributed by atoms with Crippen LogP contribution in [-0.4, -0.2) is 180 Å². The van der Waals surface area contributed by atoms with Crippen LogP contribution in [0.3, 0.4) is 0 Å². The van der Waals surface area contributed by atoms with Crippen LogP contribution < -0.4 is 16.0 Å². The van der Waals surface area contributed by atoms with E-state index in [4.69, 9.17) is 21.3 Å². The van der Waals surface area contributed by atoms with Crippen LogP contribution in [-0.2, 0) is 33.4 Å². The van der Waals surface area contributed by atoms with Crippen LogP contribution in [0.4, 0.5) is 0 Å². The predicted molar refractivity (Wildman–Crippen MR) is 174 cm³/mol. The summed E-state index contributed by atoms with van der Waals surface area (Å²) in [5.74, 6) is -1.87. The van der Waals surface area contributed by atoms with E-state index in [9.17, 15) is 24.3 Å². The molecule has 266 valence electrons. The summed E-state index contributed by atoms with van der Waals surface area (Å²) in [5, 5.41) is 17.8. The molecule has 0 unspecified atom stereocenters. The maximum atomic E-state index is 13.3. The molecule has 1 aliphatic rings. The van der Waals surface area contributed by atoms with Gasteiger partial charge < -0.3 is 40.2 Å². The number of methoxy groups -OCH3 is 1. The van der Waals surface area contributed by atoms with E-state index in [1.54, 1.807) is 12.0 Å². The topological polar surface area (TPSA) is 165 Å². The summed E-state index contributed by atoms with van der Waals surface area (Å²) in [4.78, 5) is 58.0. The molecule has 15 heteroatoms. The molecular formula is C31H59N7O8. The molecule has 46 heavy (non-hydrogen) atoms. The van der Waals surface area contributed by atoms with Crippen LogP contribution in [0.1, 0.15) is 39.5 Å². The van der Waals surface area contributed by atoms with Crippen molar-refractivity contribution in [3.63, 3.8) is 0 Å². The third-order valence-corrected chi connectivity index (χ3v) is 7.47. The van der Waals surface area contributed by atoms with E-state index in [0.29, 0.717) is 98.4 Å². The van der Waals surface area contributed by atoms with Gasteiger partial charge >= 0.3 is 5.97 Å². The van der Waals surface area contributed by atoms with Gasteiger partial charge in [-0.15, -0.1) is 0 Å². The van der Waals surface area contributed by atoms with Crippen molar-refractivity contribution in [2.24, 2.45) is 0 Å². The highest BCUT2D eigenvalue weighted by atomic mass is 16.5. The fraction of sp³-hybridized carbons (Fsp3) is 0.839. The SMILES string of the molecule is [CH]N1CCN(CC)CCN(CC(=O)N[C@H](CCC(=O)NCCOC)C(=O)NCCCOCCOCCC)CCN(CC(=O)O)CC1. The predicted octanol–water partition coefficient (Wildman–Crippen LogP) is -1.04. The summed E-state index contributed by atoms with van der Waals surface area (Å²) in [7, 11) is 7.67. The molecule has 0 spiro atoms. The molecule has 0 bridgehead atoms. The molecule has 1 aliphatic heterocycles. The molecule has 1 rings (SSSR count). The number of nitrogens with zero attached hydrogens (tertiary/aromatic N) is 4. The normalized spacial score (nSPS) is 17.0. The Morgan fingerprint density at radius 3 is 2.00 bits per heavy atom. The van der Waals surface area contributed by atoms with Gasteiger partial charge in [-0.2, -0.15) is 0 Å². The van der Waals surface area contributed by atoms with E-state index in [0.717, 1.165) is 19.5 Å². The minimum absolute atomic E-state index is 0.0270. The molecule has 0 saturated carbocycles. The van der Waals surface area contributed by atoms with Crippen molar-refractivity contribution < 1.29 is 38.5 Å². The van der Waals surface area contributed by atoms with Gasteiger partial charge in [0.1, 0.15) is 6.04 Å². The monoisotopic (exact) mass is 657 g/mol. The van der Waals surface area contributed by atoms with E-state index in [1.165, 1.54) is 0 Å². The first-order valence-electron chi connectivity index (χ1n) is 16.5. The Morgan fingerprint density at radius 2 is 1.37 bits per heavy atom. The molecule has 2 radical (unpaired) electrons. The van der Waals surface area contributed by atoms with Crippen molar-refractivity contribution in [1.29, 1.82) is 0 Å². The highest BCUT2D eigenvalue weighted by Crippen LogP contribution is 2.03. The average Bonchev–Trinajstić information content (AvgIpc) is 3.02. The number of hydrogen-bond donors (Lipinski definition) is 4. The van der Waals surface area contributed by atoms with Crippen molar-refractivity contribution >= 4 is 23.7 Å². The zero-order chi connectivity index (χ0) is 34.0. The second-order valence-corrected chi connectivity index (χ2v) is 11.3. The molecule has 0 aromatic heterocycles. The van der Waals surface area contributed by atoms with Crippen LogP contribution in [0, 0.1) is 7.05 Å². The van der Waals surface area contributed by atoms with Gasteiger partial charge in [-0.1, -0.05) is 13.8 Å². The Hall–Kier alpha value is -2.40. The minimum Gasteiger partial charge on any atom is -0.480 e. The van der Waals surface area contributed by atoms with E-state index in [-0.39, 0.29) is 43.7 Å². The third-order valence-electron chi connectivity index (χ3n) is 7.47. The molecule has 1 atom stereocenters. The highest BCUT2D eigenvalue weighted by molar-refractivity contribution is 5.89. The van der Waals surface area contributed by atoms with Gasteiger partial charge in [0, 0.05) is 99.2 Å². The molecule has 15 nitrogen and oxygen atoms in total.